The predicted molar refractivity (Wildman–Crippen MR) is 66.8 cm³/mol. The third-order valence-corrected chi connectivity index (χ3v) is 2.86. The predicted octanol–water partition coefficient (Wildman–Crippen LogP) is 2.15. The van der Waals surface area contributed by atoms with E-state index in [-0.39, 0.29) is 0 Å². The average molecular weight is 235 g/mol. The third-order valence-electron chi connectivity index (χ3n) is 2.86. The molecule has 1 aliphatic carbocycles. The van der Waals surface area contributed by atoms with E-state index in [4.69, 9.17) is 4.74 Å². The van der Waals surface area contributed by atoms with Crippen molar-refractivity contribution in [3.05, 3.63) is 18.1 Å². The fourth-order valence-electron chi connectivity index (χ4n) is 1.68. The molecule has 1 aromatic heterocycles. The number of ether oxygens (including phenoxy) is 1. The van der Waals surface area contributed by atoms with Gasteiger partial charge in [0, 0.05) is 12.7 Å². The first-order valence-electron chi connectivity index (χ1n) is 6.42. The van der Waals surface area contributed by atoms with Gasteiger partial charge >= 0.3 is 0 Å². The molecule has 1 heterocycles. The Kier molecular flexibility index (Phi) is 4.31. The summed E-state index contributed by atoms with van der Waals surface area (Å²) in [6.07, 6.45) is 7.43. The first-order valence-corrected chi connectivity index (χ1v) is 6.42. The van der Waals surface area contributed by atoms with Crippen molar-refractivity contribution < 1.29 is 4.74 Å². The lowest BCUT2D eigenvalue weighted by molar-refractivity contribution is 0.114. The summed E-state index contributed by atoms with van der Waals surface area (Å²) in [5.41, 5.74) is 0.947. The van der Waals surface area contributed by atoms with Crippen molar-refractivity contribution >= 4 is 0 Å². The molecule has 1 fully saturated rings. The third kappa shape index (κ3) is 3.97. The van der Waals surface area contributed by atoms with Gasteiger partial charge in [0.25, 0.3) is 0 Å². The minimum absolute atomic E-state index is 0.364. The van der Waals surface area contributed by atoms with Gasteiger partial charge in [-0.2, -0.15) is 0 Å². The van der Waals surface area contributed by atoms with Crippen LogP contribution in [-0.2, 0) is 6.54 Å². The maximum atomic E-state index is 5.72. The van der Waals surface area contributed by atoms with Crippen molar-refractivity contribution in [3.63, 3.8) is 0 Å². The van der Waals surface area contributed by atoms with Crippen LogP contribution in [0, 0.1) is 5.92 Å². The van der Waals surface area contributed by atoms with Crippen LogP contribution in [0.1, 0.15) is 38.8 Å². The molecule has 0 aromatic carbocycles. The largest absolute Gasteiger partial charge is 0.473 e. The molecule has 1 aromatic rings. The lowest BCUT2D eigenvalue weighted by Gasteiger charge is -2.25. The maximum absolute atomic E-state index is 5.72. The van der Waals surface area contributed by atoms with Crippen LogP contribution in [0.15, 0.2) is 12.4 Å². The quantitative estimate of drug-likeness (QED) is 0.820. The average Bonchev–Trinajstić information content (AvgIpc) is 2.24. The normalized spacial score (nSPS) is 15.9. The Morgan fingerprint density at radius 3 is 2.88 bits per heavy atom. The number of nitrogens with zero attached hydrogens (tertiary/aromatic N) is 2. The van der Waals surface area contributed by atoms with Gasteiger partial charge in [0.1, 0.15) is 6.10 Å². The topological polar surface area (TPSA) is 47.0 Å². The van der Waals surface area contributed by atoms with Gasteiger partial charge in [0.05, 0.1) is 11.9 Å². The molecule has 0 saturated heterocycles. The van der Waals surface area contributed by atoms with Crippen molar-refractivity contribution in [1.82, 2.24) is 15.3 Å². The van der Waals surface area contributed by atoms with E-state index in [1.165, 1.54) is 6.42 Å². The van der Waals surface area contributed by atoms with Crippen LogP contribution in [0.2, 0.25) is 0 Å². The van der Waals surface area contributed by atoms with Gasteiger partial charge in [-0.15, -0.1) is 0 Å². The Morgan fingerprint density at radius 2 is 2.24 bits per heavy atom. The zero-order chi connectivity index (χ0) is 12.1. The molecule has 0 unspecified atom stereocenters. The molecule has 0 radical (unpaired) electrons. The summed E-state index contributed by atoms with van der Waals surface area (Å²) >= 11 is 0. The highest BCUT2D eigenvalue weighted by Gasteiger charge is 2.19. The van der Waals surface area contributed by atoms with E-state index in [1.54, 1.807) is 12.4 Å². The number of rotatable bonds is 6. The second-order valence-electron chi connectivity index (χ2n) is 5.04. The van der Waals surface area contributed by atoms with Gasteiger partial charge in [-0.3, -0.25) is 4.98 Å². The monoisotopic (exact) mass is 235 g/mol. The van der Waals surface area contributed by atoms with E-state index in [2.05, 4.69) is 29.1 Å². The summed E-state index contributed by atoms with van der Waals surface area (Å²) in [5.74, 6) is 1.32. The van der Waals surface area contributed by atoms with E-state index >= 15 is 0 Å². The number of nitrogens with one attached hydrogen (secondary N) is 1. The van der Waals surface area contributed by atoms with Gasteiger partial charge < -0.3 is 10.1 Å². The number of hydrogen-bond acceptors (Lipinski definition) is 4. The second kappa shape index (κ2) is 5.96. The van der Waals surface area contributed by atoms with Crippen molar-refractivity contribution in [3.8, 4) is 5.88 Å². The zero-order valence-electron chi connectivity index (χ0n) is 10.6. The van der Waals surface area contributed by atoms with Crippen molar-refractivity contribution in [2.24, 2.45) is 5.92 Å². The summed E-state index contributed by atoms with van der Waals surface area (Å²) in [7, 11) is 0. The zero-order valence-corrected chi connectivity index (χ0v) is 10.6. The van der Waals surface area contributed by atoms with E-state index in [0.717, 1.165) is 31.6 Å². The van der Waals surface area contributed by atoms with E-state index in [9.17, 15) is 0 Å². The van der Waals surface area contributed by atoms with Gasteiger partial charge in [-0.1, -0.05) is 13.8 Å². The van der Waals surface area contributed by atoms with Crippen molar-refractivity contribution in [1.29, 1.82) is 0 Å². The van der Waals surface area contributed by atoms with E-state index in [1.807, 2.05) is 0 Å². The molecule has 0 amide bonds. The fraction of sp³-hybridized carbons (Fsp3) is 0.692. The second-order valence-corrected chi connectivity index (χ2v) is 5.04. The van der Waals surface area contributed by atoms with Gasteiger partial charge in [0.2, 0.25) is 5.88 Å². The molecule has 4 heteroatoms. The first kappa shape index (κ1) is 12.3. The minimum Gasteiger partial charge on any atom is -0.473 e. The highest BCUT2D eigenvalue weighted by molar-refractivity contribution is 5.09. The standard InChI is InChI=1S/C13H21N3O/c1-10(2)6-14-7-11-8-15-9-13(16-11)17-12-4-3-5-12/h8-10,12,14H,3-7H2,1-2H3. The Labute approximate surface area is 103 Å². The molecule has 0 aliphatic heterocycles. The summed E-state index contributed by atoms with van der Waals surface area (Å²) in [5, 5.41) is 3.35. The first-order chi connectivity index (χ1) is 8.24. The van der Waals surface area contributed by atoms with Crippen LogP contribution in [0.5, 0.6) is 5.88 Å². The summed E-state index contributed by atoms with van der Waals surface area (Å²) in [6.45, 7) is 6.13. The van der Waals surface area contributed by atoms with E-state index in [0.29, 0.717) is 17.9 Å². The van der Waals surface area contributed by atoms with E-state index < -0.39 is 0 Å². The summed E-state index contributed by atoms with van der Waals surface area (Å²) in [6, 6.07) is 0. The Hall–Kier alpha value is -1.16. The Balaban J connectivity index is 1.82. The molecule has 1 saturated carbocycles. The molecular formula is C13H21N3O. The smallest absolute Gasteiger partial charge is 0.232 e. The Bertz CT molecular complexity index is 350. The van der Waals surface area contributed by atoms with Crippen molar-refractivity contribution in [2.45, 2.75) is 45.8 Å². The highest BCUT2D eigenvalue weighted by atomic mass is 16.5. The highest BCUT2D eigenvalue weighted by Crippen LogP contribution is 2.23. The molecule has 0 bridgehead atoms. The Morgan fingerprint density at radius 1 is 1.41 bits per heavy atom. The molecule has 0 spiro atoms. The molecule has 2 rings (SSSR count). The summed E-state index contributed by atoms with van der Waals surface area (Å²) < 4.78 is 5.72. The van der Waals surface area contributed by atoms with Crippen LogP contribution in [0.3, 0.4) is 0 Å². The lowest BCUT2D eigenvalue weighted by Crippen LogP contribution is -2.25. The minimum atomic E-state index is 0.364. The van der Waals surface area contributed by atoms with Crippen LogP contribution in [-0.4, -0.2) is 22.6 Å². The van der Waals surface area contributed by atoms with Crippen LogP contribution < -0.4 is 10.1 Å². The van der Waals surface area contributed by atoms with Crippen LogP contribution in [0.4, 0.5) is 0 Å². The molecule has 4 nitrogen and oxygen atoms in total. The number of hydrogen-bond donors (Lipinski definition) is 1. The number of aromatic nitrogens is 2. The van der Waals surface area contributed by atoms with Gasteiger partial charge in [-0.25, -0.2) is 4.98 Å². The van der Waals surface area contributed by atoms with Crippen LogP contribution >= 0.6 is 0 Å². The molecular weight excluding hydrogens is 214 g/mol. The molecule has 1 N–H and O–H groups in total. The molecule has 1 aliphatic rings. The van der Waals surface area contributed by atoms with Crippen molar-refractivity contribution in [2.75, 3.05) is 6.54 Å². The summed E-state index contributed by atoms with van der Waals surface area (Å²) in [4.78, 5) is 8.61. The van der Waals surface area contributed by atoms with Gasteiger partial charge in [0.15, 0.2) is 0 Å². The fourth-order valence-corrected chi connectivity index (χ4v) is 1.68. The lowest BCUT2D eigenvalue weighted by atomic mass is 9.96. The maximum Gasteiger partial charge on any atom is 0.232 e. The molecule has 0 atom stereocenters. The SMILES string of the molecule is CC(C)CNCc1cncc(OC2CCC2)n1. The van der Waals surface area contributed by atoms with Crippen LogP contribution in [0.25, 0.3) is 0 Å². The molecule has 17 heavy (non-hydrogen) atoms. The molecule has 94 valence electrons. The van der Waals surface area contributed by atoms with Gasteiger partial charge in [-0.05, 0) is 31.7 Å².